The number of Topliss-reactive ketones (excluding diaryl/α,β-unsaturated/α-hetero) is 1. The zero-order chi connectivity index (χ0) is 24.3. The van der Waals surface area contributed by atoms with Crippen LogP contribution in [0.5, 0.6) is 0 Å². The number of carbonyl (C=O) groups excluding carboxylic acids is 1. The van der Waals surface area contributed by atoms with E-state index in [2.05, 4.69) is 20.3 Å². The first-order valence-corrected chi connectivity index (χ1v) is 11.7. The van der Waals surface area contributed by atoms with Crippen LogP contribution < -0.4 is 10.2 Å². The topological polar surface area (TPSA) is 91.2 Å². The van der Waals surface area contributed by atoms with Crippen molar-refractivity contribution in [1.29, 1.82) is 0 Å². The van der Waals surface area contributed by atoms with E-state index in [-0.39, 0.29) is 24.2 Å². The molecule has 7 nitrogen and oxygen atoms in total. The molecular weight excluding hydrogens is 467 g/mol. The molecule has 1 unspecified atom stereocenters. The molecule has 1 fully saturated rings. The van der Waals surface area contributed by atoms with Crippen molar-refractivity contribution in [2.24, 2.45) is 0 Å². The summed E-state index contributed by atoms with van der Waals surface area (Å²) in [5.41, 5.74) is 0.128. The van der Waals surface area contributed by atoms with Gasteiger partial charge in [-0.05, 0) is 43.0 Å². The predicted octanol–water partition coefficient (Wildman–Crippen LogP) is 5.03. The quantitative estimate of drug-likeness (QED) is 0.448. The molecule has 1 aromatic carbocycles. The van der Waals surface area contributed by atoms with Gasteiger partial charge in [0.1, 0.15) is 17.8 Å². The molecule has 3 aromatic rings. The van der Waals surface area contributed by atoms with Crippen LogP contribution in [0.2, 0.25) is 0 Å². The molecule has 0 radical (unpaired) electrons. The zero-order valence-corrected chi connectivity index (χ0v) is 19.2. The Labute approximate surface area is 198 Å². The summed E-state index contributed by atoms with van der Waals surface area (Å²) in [5, 5.41) is 13.2. The van der Waals surface area contributed by atoms with E-state index in [4.69, 9.17) is 0 Å². The molecule has 2 aromatic heterocycles. The number of nitrogens with one attached hydrogen (secondary N) is 1. The van der Waals surface area contributed by atoms with Gasteiger partial charge in [0, 0.05) is 42.3 Å². The third kappa shape index (κ3) is 5.89. The van der Waals surface area contributed by atoms with Crippen LogP contribution in [0.4, 0.5) is 29.8 Å². The Morgan fingerprint density at radius 2 is 1.91 bits per heavy atom. The van der Waals surface area contributed by atoms with Gasteiger partial charge in [0.25, 0.3) is 0 Å². The smallest absolute Gasteiger partial charge is 0.393 e. The van der Waals surface area contributed by atoms with Crippen LogP contribution in [0.3, 0.4) is 0 Å². The average molecular weight is 492 g/mol. The molecule has 3 heterocycles. The number of aliphatic hydroxyl groups is 1. The van der Waals surface area contributed by atoms with Crippen molar-refractivity contribution >= 4 is 33.8 Å². The number of benzene rings is 1. The molecule has 0 saturated carbocycles. The Morgan fingerprint density at radius 1 is 1.21 bits per heavy atom. The number of carbonyl (C=O) groups is 1. The maximum atomic E-state index is 12.9. The second-order valence-electron chi connectivity index (χ2n) is 8.28. The first-order valence-electron chi connectivity index (χ1n) is 10.9. The van der Waals surface area contributed by atoms with Gasteiger partial charge in [-0.15, -0.1) is 11.3 Å². The molecule has 0 bridgehead atoms. The number of alkyl halides is 3. The number of rotatable bonds is 7. The summed E-state index contributed by atoms with van der Waals surface area (Å²) in [4.78, 5) is 28.5. The largest absolute Gasteiger partial charge is 0.416 e. The third-order valence-corrected chi connectivity index (χ3v) is 6.84. The fourth-order valence-corrected chi connectivity index (χ4v) is 4.58. The third-order valence-electron chi connectivity index (χ3n) is 5.69. The molecule has 1 atom stereocenters. The highest BCUT2D eigenvalue weighted by Crippen LogP contribution is 2.33. The van der Waals surface area contributed by atoms with Gasteiger partial charge in [-0.1, -0.05) is 6.92 Å². The highest BCUT2D eigenvalue weighted by Gasteiger charge is 2.30. The van der Waals surface area contributed by atoms with Crippen LogP contribution >= 0.6 is 11.3 Å². The van der Waals surface area contributed by atoms with Gasteiger partial charge < -0.3 is 15.3 Å². The number of halogens is 3. The SMILES string of the molecule is CC(CC(=O)c1cc(N2CCC(O)CC2)ncn1)c1cnc(Nc2ccc(C(F)(F)F)cc2)s1. The average Bonchev–Trinajstić information content (AvgIpc) is 3.28. The summed E-state index contributed by atoms with van der Waals surface area (Å²) in [5.74, 6) is 0.453. The Hall–Kier alpha value is -3.05. The monoisotopic (exact) mass is 491 g/mol. The molecule has 1 saturated heterocycles. The lowest BCUT2D eigenvalue weighted by molar-refractivity contribution is -0.137. The highest BCUT2D eigenvalue weighted by molar-refractivity contribution is 7.15. The van der Waals surface area contributed by atoms with Crippen molar-refractivity contribution in [1.82, 2.24) is 15.0 Å². The van der Waals surface area contributed by atoms with E-state index in [0.29, 0.717) is 48.3 Å². The van der Waals surface area contributed by atoms with E-state index in [1.165, 1.54) is 29.8 Å². The van der Waals surface area contributed by atoms with Crippen molar-refractivity contribution in [2.45, 2.75) is 44.4 Å². The van der Waals surface area contributed by atoms with Crippen molar-refractivity contribution in [3.05, 3.63) is 59.0 Å². The zero-order valence-electron chi connectivity index (χ0n) is 18.4. The molecule has 0 aliphatic carbocycles. The fourth-order valence-electron chi connectivity index (χ4n) is 3.69. The Kier molecular flexibility index (Phi) is 7.13. The molecule has 180 valence electrons. The van der Waals surface area contributed by atoms with Crippen molar-refractivity contribution < 1.29 is 23.1 Å². The molecule has 0 spiro atoms. The van der Waals surface area contributed by atoms with Crippen LogP contribution in [-0.2, 0) is 6.18 Å². The summed E-state index contributed by atoms with van der Waals surface area (Å²) in [7, 11) is 0. The van der Waals surface area contributed by atoms with Gasteiger partial charge >= 0.3 is 6.18 Å². The number of nitrogens with zero attached hydrogens (tertiary/aromatic N) is 4. The molecular formula is C23H24F3N5O2S. The minimum atomic E-state index is -4.38. The molecule has 11 heteroatoms. The predicted molar refractivity (Wildman–Crippen MR) is 124 cm³/mol. The molecule has 4 rings (SSSR count). The number of thiazole rings is 1. The summed E-state index contributed by atoms with van der Waals surface area (Å²) in [6, 6.07) is 6.43. The van der Waals surface area contributed by atoms with Gasteiger partial charge in [-0.25, -0.2) is 15.0 Å². The Balaban J connectivity index is 1.36. The maximum Gasteiger partial charge on any atom is 0.416 e. The van der Waals surface area contributed by atoms with Gasteiger partial charge in [0.05, 0.1) is 11.7 Å². The van der Waals surface area contributed by atoms with Crippen molar-refractivity contribution in [2.75, 3.05) is 23.3 Å². The number of ketones is 1. The van der Waals surface area contributed by atoms with Gasteiger partial charge in [0.15, 0.2) is 10.9 Å². The summed E-state index contributed by atoms with van der Waals surface area (Å²) >= 11 is 1.35. The van der Waals surface area contributed by atoms with E-state index >= 15 is 0 Å². The molecule has 34 heavy (non-hydrogen) atoms. The summed E-state index contributed by atoms with van der Waals surface area (Å²) < 4.78 is 38.2. The van der Waals surface area contributed by atoms with Crippen LogP contribution in [0, 0.1) is 0 Å². The first kappa shape index (κ1) is 24.1. The summed E-state index contributed by atoms with van der Waals surface area (Å²) in [6.07, 6.45) is -0.0571. The second-order valence-corrected chi connectivity index (χ2v) is 9.34. The number of anilines is 3. The number of aliphatic hydroxyl groups excluding tert-OH is 1. The number of aromatic nitrogens is 3. The van der Waals surface area contributed by atoms with Crippen LogP contribution in [-0.4, -0.2) is 45.0 Å². The highest BCUT2D eigenvalue weighted by atomic mass is 32.1. The van der Waals surface area contributed by atoms with Crippen molar-refractivity contribution in [3.8, 4) is 0 Å². The molecule has 0 amide bonds. The van der Waals surface area contributed by atoms with E-state index < -0.39 is 11.7 Å². The van der Waals surface area contributed by atoms with E-state index in [1.54, 1.807) is 12.3 Å². The maximum absolute atomic E-state index is 12.9. The number of piperidine rings is 1. The minimum absolute atomic E-state index is 0.112. The van der Waals surface area contributed by atoms with E-state index in [1.807, 2.05) is 11.8 Å². The Bertz CT molecular complexity index is 1130. The van der Waals surface area contributed by atoms with Gasteiger partial charge in [-0.2, -0.15) is 13.2 Å². The normalized spacial score (nSPS) is 15.9. The van der Waals surface area contributed by atoms with Crippen LogP contribution in [0.15, 0.2) is 42.9 Å². The van der Waals surface area contributed by atoms with Crippen LogP contribution in [0.25, 0.3) is 0 Å². The van der Waals surface area contributed by atoms with Gasteiger partial charge in [0.2, 0.25) is 0 Å². The van der Waals surface area contributed by atoms with Crippen molar-refractivity contribution in [3.63, 3.8) is 0 Å². The van der Waals surface area contributed by atoms with E-state index in [9.17, 15) is 23.1 Å². The molecule has 1 aliphatic heterocycles. The lowest BCUT2D eigenvalue weighted by Gasteiger charge is -2.30. The van der Waals surface area contributed by atoms with Gasteiger partial charge in [-0.3, -0.25) is 4.79 Å². The fraction of sp³-hybridized carbons (Fsp3) is 0.391. The molecule has 2 N–H and O–H groups in total. The molecule has 1 aliphatic rings. The minimum Gasteiger partial charge on any atom is -0.393 e. The standard InChI is InChI=1S/C23H24F3N5O2S/c1-14(10-19(33)18-11-21(29-13-28-18)31-8-6-17(32)7-9-31)20-12-27-22(34-20)30-16-4-2-15(3-5-16)23(24,25)26/h2-5,11-14,17,32H,6-10H2,1H3,(H,27,30). The number of hydrogen-bond donors (Lipinski definition) is 2. The Morgan fingerprint density at radius 3 is 2.59 bits per heavy atom. The van der Waals surface area contributed by atoms with Crippen LogP contribution in [0.1, 0.15) is 53.0 Å². The first-order chi connectivity index (χ1) is 16.2. The lowest BCUT2D eigenvalue weighted by atomic mass is 10.0. The second kappa shape index (κ2) is 10.1. The number of hydrogen-bond acceptors (Lipinski definition) is 8. The lowest BCUT2D eigenvalue weighted by Crippen LogP contribution is -2.36. The summed E-state index contributed by atoms with van der Waals surface area (Å²) in [6.45, 7) is 3.27. The van der Waals surface area contributed by atoms with E-state index in [0.717, 1.165) is 17.0 Å².